The molecular weight excluding hydrogens is 208 g/mol. The maximum atomic E-state index is 11.5. The largest absolute Gasteiger partial charge is 0.382 e. The van der Waals surface area contributed by atoms with Gasteiger partial charge in [-0.25, -0.2) is 0 Å². The highest BCUT2D eigenvalue weighted by Gasteiger charge is 2.05. The van der Waals surface area contributed by atoms with Crippen molar-refractivity contribution in [3.05, 3.63) is 18.0 Å². The van der Waals surface area contributed by atoms with Crippen molar-refractivity contribution in [1.29, 1.82) is 0 Å². The Morgan fingerprint density at radius 1 is 1.44 bits per heavy atom. The number of aromatic nitrogens is 2. The standard InChI is InChI=1S/C11H18N2O3/c1-13-5-3-10(12-13)9-11(14)4-6-16-8-7-15-2/h3,5H,4,6-9H2,1-2H3. The SMILES string of the molecule is COCCOCCC(=O)Cc1ccn(C)n1. The van der Waals surface area contributed by atoms with Crippen LogP contribution in [-0.2, 0) is 27.7 Å². The molecule has 1 aromatic rings. The fraction of sp³-hybridized carbons (Fsp3) is 0.636. The molecule has 90 valence electrons. The molecule has 0 atom stereocenters. The molecule has 5 heteroatoms. The highest BCUT2D eigenvalue weighted by atomic mass is 16.5. The van der Waals surface area contributed by atoms with Gasteiger partial charge in [-0.1, -0.05) is 0 Å². The second kappa shape index (κ2) is 7.14. The molecule has 1 rings (SSSR count). The lowest BCUT2D eigenvalue weighted by Gasteiger charge is -2.02. The van der Waals surface area contributed by atoms with Crippen LogP contribution in [0.25, 0.3) is 0 Å². The number of Topliss-reactive ketones (excluding diaryl/α,β-unsaturated/α-hetero) is 1. The van der Waals surface area contributed by atoms with E-state index in [1.165, 1.54) is 0 Å². The summed E-state index contributed by atoms with van der Waals surface area (Å²) >= 11 is 0. The Balaban J connectivity index is 2.11. The molecule has 1 aromatic heterocycles. The van der Waals surface area contributed by atoms with Crippen LogP contribution in [0.15, 0.2) is 12.3 Å². The third kappa shape index (κ3) is 5.04. The molecule has 0 radical (unpaired) electrons. The smallest absolute Gasteiger partial charge is 0.141 e. The van der Waals surface area contributed by atoms with Gasteiger partial charge in [-0.05, 0) is 6.07 Å². The molecule has 0 saturated carbocycles. The zero-order chi connectivity index (χ0) is 11.8. The van der Waals surface area contributed by atoms with Crippen molar-refractivity contribution in [2.45, 2.75) is 12.8 Å². The van der Waals surface area contributed by atoms with E-state index in [2.05, 4.69) is 5.10 Å². The van der Waals surface area contributed by atoms with Crippen LogP contribution < -0.4 is 0 Å². The normalized spacial score (nSPS) is 10.6. The molecule has 0 unspecified atom stereocenters. The van der Waals surface area contributed by atoms with Gasteiger partial charge in [0.25, 0.3) is 0 Å². The number of methoxy groups -OCH3 is 1. The molecule has 0 aromatic carbocycles. The molecule has 16 heavy (non-hydrogen) atoms. The maximum Gasteiger partial charge on any atom is 0.141 e. The van der Waals surface area contributed by atoms with Gasteiger partial charge in [-0.3, -0.25) is 9.48 Å². The number of carbonyl (C=O) groups excluding carboxylic acids is 1. The van der Waals surface area contributed by atoms with Crippen molar-refractivity contribution < 1.29 is 14.3 Å². The van der Waals surface area contributed by atoms with E-state index < -0.39 is 0 Å². The zero-order valence-corrected chi connectivity index (χ0v) is 9.81. The lowest BCUT2D eigenvalue weighted by molar-refractivity contribution is -0.119. The Labute approximate surface area is 95.3 Å². The van der Waals surface area contributed by atoms with Crippen LogP contribution in [0.5, 0.6) is 0 Å². The summed E-state index contributed by atoms with van der Waals surface area (Å²) < 4.78 is 11.7. The van der Waals surface area contributed by atoms with Crippen molar-refractivity contribution in [1.82, 2.24) is 9.78 Å². The second-order valence-corrected chi connectivity index (χ2v) is 3.55. The van der Waals surface area contributed by atoms with Crippen LogP contribution in [0.3, 0.4) is 0 Å². The van der Waals surface area contributed by atoms with Crippen LogP contribution in [-0.4, -0.2) is 42.5 Å². The summed E-state index contributed by atoms with van der Waals surface area (Å²) in [5, 5.41) is 4.14. The number of carbonyl (C=O) groups is 1. The van der Waals surface area contributed by atoms with Gasteiger partial charge >= 0.3 is 0 Å². The van der Waals surface area contributed by atoms with Crippen LogP contribution in [0.2, 0.25) is 0 Å². The van der Waals surface area contributed by atoms with E-state index in [0.29, 0.717) is 32.7 Å². The van der Waals surface area contributed by atoms with E-state index in [4.69, 9.17) is 9.47 Å². The lowest BCUT2D eigenvalue weighted by atomic mass is 10.2. The second-order valence-electron chi connectivity index (χ2n) is 3.55. The van der Waals surface area contributed by atoms with Crippen molar-refractivity contribution in [3.8, 4) is 0 Å². The summed E-state index contributed by atoms with van der Waals surface area (Å²) in [6, 6.07) is 1.85. The molecule has 0 amide bonds. The molecular formula is C11H18N2O3. The van der Waals surface area contributed by atoms with Gasteiger partial charge in [0.15, 0.2) is 0 Å². The van der Waals surface area contributed by atoms with Crippen LogP contribution in [0.1, 0.15) is 12.1 Å². The van der Waals surface area contributed by atoms with Crippen LogP contribution in [0, 0.1) is 0 Å². The van der Waals surface area contributed by atoms with Crippen molar-refractivity contribution >= 4 is 5.78 Å². The lowest BCUT2D eigenvalue weighted by Crippen LogP contribution is -2.10. The summed E-state index contributed by atoms with van der Waals surface area (Å²) in [5.41, 5.74) is 0.810. The Morgan fingerprint density at radius 3 is 2.88 bits per heavy atom. The Bertz CT molecular complexity index is 323. The number of ether oxygens (including phenoxy) is 2. The Morgan fingerprint density at radius 2 is 2.25 bits per heavy atom. The number of rotatable bonds is 8. The van der Waals surface area contributed by atoms with E-state index in [1.54, 1.807) is 11.8 Å². The van der Waals surface area contributed by atoms with Gasteiger partial charge in [-0.2, -0.15) is 5.10 Å². The topological polar surface area (TPSA) is 53.4 Å². The fourth-order valence-electron chi connectivity index (χ4n) is 1.28. The van der Waals surface area contributed by atoms with E-state index in [1.807, 2.05) is 19.3 Å². The van der Waals surface area contributed by atoms with Crippen LogP contribution >= 0.6 is 0 Å². The monoisotopic (exact) mass is 226 g/mol. The minimum atomic E-state index is 0.149. The Kier molecular flexibility index (Phi) is 5.74. The fourth-order valence-corrected chi connectivity index (χ4v) is 1.28. The molecule has 5 nitrogen and oxygen atoms in total. The molecule has 0 saturated heterocycles. The number of hydrogen-bond donors (Lipinski definition) is 0. The van der Waals surface area contributed by atoms with Crippen LogP contribution in [0.4, 0.5) is 0 Å². The van der Waals surface area contributed by atoms with Gasteiger partial charge < -0.3 is 9.47 Å². The Hall–Kier alpha value is -1.20. The number of hydrogen-bond acceptors (Lipinski definition) is 4. The molecule has 0 aliphatic carbocycles. The highest BCUT2D eigenvalue weighted by molar-refractivity contribution is 5.80. The zero-order valence-electron chi connectivity index (χ0n) is 9.81. The number of nitrogens with zero attached hydrogens (tertiary/aromatic N) is 2. The first-order valence-corrected chi connectivity index (χ1v) is 5.29. The minimum Gasteiger partial charge on any atom is -0.382 e. The van der Waals surface area contributed by atoms with Gasteiger partial charge in [0.1, 0.15) is 5.78 Å². The number of ketones is 1. The van der Waals surface area contributed by atoms with E-state index >= 15 is 0 Å². The molecule has 0 aliphatic heterocycles. The molecule has 1 heterocycles. The molecule has 0 aliphatic rings. The summed E-state index contributed by atoms with van der Waals surface area (Å²) in [5.74, 6) is 0.149. The third-order valence-electron chi connectivity index (χ3n) is 2.10. The average Bonchev–Trinajstić information content (AvgIpc) is 2.63. The minimum absolute atomic E-state index is 0.149. The van der Waals surface area contributed by atoms with Crippen molar-refractivity contribution in [2.75, 3.05) is 26.9 Å². The number of aryl methyl sites for hydroxylation is 1. The van der Waals surface area contributed by atoms with Gasteiger partial charge in [0, 0.05) is 26.8 Å². The first-order valence-electron chi connectivity index (χ1n) is 5.29. The van der Waals surface area contributed by atoms with Crippen molar-refractivity contribution in [3.63, 3.8) is 0 Å². The molecule has 0 N–H and O–H groups in total. The third-order valence-corrected chi connectivity index (χ3v) is 2.10. The van der Waals surface area contributed by atoms with Crippen molar-refractivity contribution in [2.24, 2.45) is 7.05 Å². The summed E-state index contributed by atoms with van der Waals surface area (Å²) in [6.07, 6.45) is 2.65. The first-order chi connectivity index (χ1) is 7.72. The molecule has 0 fully saturated rings. The molecule has 0 spiro atoms. The van der Waals surface area contributed by atoms with E-state index in [9.17, 15) is 4.79 Å². The maximum absolute atomic E-state index is 11.5. The van der Waals surface area contributed by atoms with Gasteiger partial charge in [0.2, 0.25) is 0 Å². The van der Waals surface area contributed by atoms with Gasteiger partial charge in [0.05, 0.1) is 31.9 Å². The van der Waals surface area contributed by atoms with E-state index in [-0.39, 0.29) is 5.78 Å². The quantitative estimate of drug-likeness (QED) is 0.609. The highest BCUT2D eigenvalue weighted by Crippen LogP contribution is 1.98. The first kappa shape index (κ1) is 12.9. The average molecular weight is 226 g/mol. The summed E-state index contributed by atoms with van der Waals surface area (Å²) in [7, 11) is 3.46. The molecule has 0 bridgehead atoms. The summed E-state index contributed by atoms with van der Waals surface area (Å²) in [6.45, 7) is 1.55. The van der Waals surface area contributed by atoms with Gasteiger partial charge in [-0.15, -0.1) is 0 Å². The summed E-state index contributed by atoms with van der Waals surface area (Å²) in [4.78, 5) is 11.5. The predicted octanol–water partition coefficient (Wildman–Crippen LogP) is 0.585. The predicted molar refractivity (Wildman–Crippen MR) is 59.2 cm³/mol. The van der Waals surface area contributed by atoms with E-state index in [0.717, 1.165) is 5.69 Å².